The van der Waals surface area contributed by atoms with E-state index in [9.17, 15) is 0 Å². The summed E-state index contributed by atoms with van der Waals surface area (Å²) in [5, 5.41) is 8.74. The number of alkyl halides is 1. The van der Waals surface area contributed by atoms with Crippen LogP contribution in [0.5, 0.6) is 5.75 Å². The molecule has 0 saturated carbocycles. The molecule has 5 heteroatoms. The molecule has 96 valence electrons. The summed E-state index contributed by atoms with van der Waals surface area (Å²) in [6, 6.07) is 6.21. The van der Waals surface area contributed by atoms with Crippen molar-refractivity contribution in [3.63, 3.8) is 0 Å². The maximum Gasteiger partial charge on any atom is 0.122 e. The number of hydrogen-bond acceptors (Lipinski definition) is 3. The van der Waals surface area contributed by atoms with Crippen LogP contribution >= 0.6 is 15.9 Å². The molecule has 0 radical (unpaired) electrons. The highest BCUT2D eigenvalue weighted by Gasteiger charge is 2.02. The van der Waals surface area contributed by atoms with Gasteiger partial charge >= 0.3 is 0 Å². The summed E-state index contributed by atoms with van der Waals surface area (Å²) in [6.07, 6.45) is 1.92. The van der Waals surface area contributed by atoms with Crippen molar-refractivity contribution in [3.8, 4) is 5.75 Å². The molecule has 18 heavy (non-hydrogen) atoms. The predicted molar refractivity (Wildman–Crippen MR) is 74.1 cm³/mol. The molecule has 0 fully saturated rings. The van der Waals surface area contributed by atoms with Crippen LogP contribution in [0.4, 0.5) is 0 Å². The molecule has 2 aromatic rings. The number of hydrogen-bond donors (Lipinski definition) is 0. The molecule has 0 amide bonds. The third-order valence-corrected chi connectivity index (χ3v) is 3.22. The summed E-state index contributed by atoms with van der Waals surface area (Å²) in [6.45, 7) is 5.40. The molecule has 0 aliphatic rings. The first-order valence-corrected chi connectivity index (χ1v) is 6.96. The molecule has 1 heterocycles. The molecule has 2 rings (SSSR count). The molecule has 0 atom stereocenters. The average molecular weight is 310 g/mol. The van der Waals surface area contributed by atoms with Gasteiger partial charge in [-0.1, -0.05) is 33.3 Å². The van der Waals surface area contributed by atoms with Gasteiger partial charge in [0.15, 0.2) is 0 Å². The van der Waals surface area contributed by atoms with E-state index in [0.717, 1.165) is 22.3 Å². The first-order valence-electron chi connectivity index (χ1n) is 5.84. The van der Waals surface area contributed by atoms with Gasteiger partial charge in [-0.3, -0.25) is 0 Å². The van der Waals surface area contributed by atoms with E-state index >= 15 is 0 Å². The lowest BCUT2D eigenvalue weighted by atomic mass is 10.1. The van der Waals surface area contributed by atoms with Crippen molar-refractivity contribution in [2.24, 2.45) is 0 Å². The molecule has 0 aliphatic heterocycles. The van der Waals surface area contributed by atoms with Crippen molar-refractivity contribution in [2.45, 2.75) is 25.7 Å². The van der Waals surface area contributed by atoms with Crippen molar-refractivity contribution in [3.05, 3.63) is 41.2 Å². The van der Waals surface area contributed by atoms with Crippen LogP contribution in [-0.2, 0) is 11.9 Å². The van der Waals surface area contributed by atoms with E-state index in [4.69, 9.17) is 4.74 Å². The number of benzene rings is 1. The Morgan fingerprint density at radius 3 is 2.89 bits per heavy atom. The molecule has 1 aromatic heterocycles. The van der Waals surface area contributed by atoms with Crippen LogP contribution in [0.25, 0.3) is 0 Å². The van der Waals surface area contributed by atoms with Crippen LogP contribution in [-0.4, -0.2) is 21.6 Å². The Morgan fingerprint density at radius 2 is 2.17 bits per heavy atom. The van der Waals surface area contributed by atoms with Crippen LogP contribution in [0.3, 0.4) is 0 Å². The summed E-state index contributed by atoms with van der Waals surface area (Å²) in [5.41, 5.74) is 3.29. The molecular weight excluding hydrogens is 294 g/mol. The van der Waals surface area contributed by atoms with Crippen LogP contribution in [0, 0.1) is 13.8 Å². The van der Waals surface area contributed by atoms with E-state index in [0.29, 0.717) is 13.2 Å². The molecule has 4 nitrogen and oxygen atoms in total. The van der Waals surface area contributed by atoms with Gasteiger partial charge in [0.05, 0.1) is 12.2 Å². The zero-order chi connectivity index (χ0) is 13.0. The number of aromatic nitrogens is 3. The minimum atomic E-state index is 0.593. The maximum absolute atomic E-state index is 5.76. The first kappa shape index (κ1) is 13.1. The summed E-state index contributed by atoms with van der Waals surface area (Å²) < 4.78 is 7.56. The topological polar surface area (TPSA) is 39.9 Å². The largest absolute Gasteiger partial charge is 0.491 e. The number of halogens is 1. The van der Waals surface area contributed by atoms with Gasteiger partial charge in [-0.05, 0) is 31.0 Å². The highest BCUT2D eigenvalue weighted by molar-refractivity contribution is 9.08. The number of ether oxygens (including phenoxy) is 1. The molecule has 0 saturated heterocycles. The summed E-state index contributed by atoms with van der Waals surface area (Å²) in [7, 11) is 0. The van der Waals surface area contributed by atoms with E-state index in [1.54, 1.807) is 4.68 Å². The fraction of sp³-hybridized carbons (Fsp3) is 0.385. The number of rotatable bonds is 5. The lowest BCUT2D eigenvalue weighted by Crippen LogP contribution is -2.09. The zero-order valence-corrected chi connectivity index (χ0v) is 12.1. The van der Waals surface area contributed by atoms with Crippen molar-refractivity contribution in [2.75, 3.05) is 6.61 Å². The van der Waals surface area contributed by atoms with Gasteiger partial charge in [0.25, 0.3) is 0 Å². The lowest BCUT2D eigenvalue weighted by molar-refractivity contribution is 0.288. The molecule has 0 spiro atoms. The van der Waals surface area contributed by atoms with Gasteiger partial charge in [-0.25, -0.2) is 4.68 Å². The van der Waals surface area contributed by atoms with Crippen molar-refractivity contribution in [1.29, 1.82) is 0 Å². The van der Waals surface area contributed by atoms with Gasteiger partial charge in [0.2, 0.25) is 0 Å². The van der Waals surface area contributed by atoms with Crippen LogP contribution < -0.4 is 4.74 Å². The zero-order valence-electron chi connectivity index (χ0n) is 10.6. The monoisotopic (exact) mass is 309 g/mol. The first-order chi connectivity index (χ1) is 8.69. The average Bonchev–Trinajstić information content (AvgIpc) is 2.81. The van der Waals surface area contributed by atoms with E-state index in [2.05, 4.69) is 51.4 Å². The van der Waals surface area contributed by atoms with Gasteiger partial charge in [-0.2, -0.15) is 0 Å². The molecule has 0 N–H and O–H groups in total. The van der Waals surface area contributed by atoms with Gasteiger partial charge in [-0.15, -0.1) is 5.10 Å². The Morgan fingerprint density at radius 1 is 1.33 bits per heavy atom. The van der Waals surface area contributed by atoms with Crippen LogP contribution in [0.1, 0.15) is 16.8 Å². The van der Waals surface area contributed by atoms with Crippen molar-refractivity contribution < 1.29 is 4.74 Å². The number of aryl methyl sites for hydroxylation is 2. The Kier molecular flexibility index (Phi) is 4.36. The minimum absolute atomic E-state index is 0.593. The minimum Gasteiger partial charge on any atom is -0.491 e. The van der Waals surface area contributed by atoms with E-state index < -0.39 is 0 Å². The van der Waals surface area contributed by atoms with E-state index in [-0.39, 0.29) is 0 Å². The fourth-order valence-electron chi connectivity index (χ4n) is 1.62. The Labute approximate surface area is 115 Å². The highest BCUT2D eigenvalue weighted by atomic mass is 79.9. The summed E-state index contributed by atoms with van der Waals surface area (Å²) in [5.74, 6) is 0.941. The Hall–Kier alpha value is -1.36. The quantitative estimate of drug-likeness (QED) is 0.797. The Balaban J connectivity index is 1.90. The van der Waals surface area contributed by atoms with Gasteiger partial charge < -0.3 is 4.74 Å². The smallest absolute Gasteiger partial charge is 0.122 e. The van der Waals surface area contributed by atoms with Gasteiger partial charge in [0.1, 0.15) is 12.4 Å². The second-order valence-electron chi connectivity index (χ2n) is 4.22. The third kappa shape index (κ3) is 3.32. The molecule has 1 aromatic carbocycles. The fourth-order valence-corrected chi connectivity index (χ4v) is 1.88. The van der Waals surface area contributed by atoms with E-state index in [1.807, 2.05) is 13.1 Å². The SMILES string of the molecule is Cc1ccc(C)c(OCCn2cc(CBr)nn2)c1. The highest BCUT2D eigenvalue weighted by Crippen LogP contribution is 2.18. The maximum atomic E-state index is 5.76. The second kappa shape index (κ2) is 6.00. The molecule has 0 bridgehead atoms. The summed E-state index contributed by atoms with van der Waals surface area (Å²) >= 11 is 3.35. The Bertz CT molecular complexity index is 525. The van der Waals surface area contributed by atoms with E-state index in [1.165, 1.54) is 5.56 Å². The number of nitrogens with zero attached hydrogens (tertiary/aromatic N) is 3. The second-order valence-corrected chi connectivity index (χ2v) is 4.78. The molecule has 0 unspecified atom stereocenters. The van der Waals surface area contributed by atoms with Crippen LogP contribution in [0.15, 0.2) is 24.4 Å². The summed E-state index contributed by atoms with van der Waals surface area (Å²) in [4.78, 5) is 0. The van der Waals surface area contributed by atoms with Gasteiger partial charge in [0, 0.05) is 11.5 Å². The van der Waals surface area contributed by atoms with Crippen LogP contribution in [0.2, 0.25) is 0 Å². The molecular formula is C13H16BrN3O. The third-order valence-electron chi connectivity index (χ3n) is 2.64. The normalized spacial score (nSPS) is 10.6. The van der Waals surface area contributed by atoms with Crippen molar-refractivity contribution in [1.82, 2.24) is 15.0 Å². The lowest BCUT2D eigenvalue weighted by Gasteiger charge is -2.09. The standard InChI is InChI=1S/C13H16BrN3O/c1-10-3-4-11(2)13(7-10)18-6-5-17-9-12(8-14)15-16-17/h3-4,7,9H,5-6,8H2,1-2H3. The molecule has 0 aliphatic carbocycles. The predicted octanol–water partition coefficient (Wildman–Crippen LogP) is 2.87. The van der Waals surface area contributed by atoms with Crippen molar-refractivity contribution >= 4 is 15.9 Å².